The number of halogens is 3. The van der Waals surface area contributed by atoms with Crippen molar-refractivity contribution >= 4 is 11.6 Å². The van der Waals surface area contributed by atoms with Crippen molar-refractivity contribution in [2.45, 2.75) is 50.5 Å². The Morgan fingerprint density at radius 1 is 1.28 bits per heavy atom. The Hall–Kier alpha value is -2.29. The van der Waals surface area contributed by atoms with E-state index in [2.05, 4.69) is 15.7 Å². The van der Waals surface area contributed by atoms with E-state index < -0.39 is 23.9 Å². The Balaban J connectivity index is 1.70. The minimum Gasteiger partial charge on any atom is -0.366 e. The van der Waals surface area contributed by atoms with E-state index in [1.54, 1.807) is 6.20 Å². The smallest absolute Gasteiger partial charge is 0.366 e. The molecule has 1 aliphatic carbocycles. The first-order valence-corrected chi connectivity index (χ1v) is 8.20. The molecule has 1 aromatic rings. The third kappa shape index (κ3) is 4.04. The lowest BCUT2D eigenvalue weighted by Crippen LogP contribution is -2.47. The first-order valence-electron chi connectivity index (χ1n) is 8.20. The van der Waals surface area contributed by atoms with E-state index >= 15 is 0 Å². The maximum atomic E-state index is 12.6. The zero-order valence-electron chi connectivity index (χ0n) is 13.5. The molecule has 1 atom stereocenters. The molecular formula is C16H20F3N5O. The van der Waals surface area contributed by atoms with Gasteiger partial charge in [-0.15, -0.1) is 0 Å². The SMILES string of the molecule is NC(=O)C1=CN(C2CCCCC2)NC1Nc1ccc(C(F)(F)F)nc1. The molecular weight excluding hydrogens is 335 g/mol. The number of carbonyl (C=O) groups excluding carboxylic acids is 1. The number of nitrogens with zero attached hydrogens (tertiary/aromatic N) is 2. The van der Waals surface area contributed by atoms with Gasteiger partial charge in [0.2, 0.25) is 5.91 Å². The lowest BCUT2D eigenvalue weighted by molar-refractivity contribution is -0.141. The van der Waals surface area contributed by atoms with Crippen LogP contribution in [0.15, 0.2) is 30.1 Å². The molecule has 1 aliphatic heterocycles. The van der Waals surface area contributed by atoms with Gasteiger partial charge in [0, 0.05) is 12.2 Å². The largest absolute Gasteiger partial charge is 0.433 e. The fourth-order valence-corrected chi connectivity index (χ4v) is 3.18. The summed E-state index contributed by atoms with van der Waals surface area (Å²) in [4.78, 5) is 15.1. The predicted octanol–water partition coefficient (Wildman–Crippen LogP) is 2.36. The molecule has 0 bridgehead atoms. The zero-order valence-corrected chi connectivity index (χ0v) is 13.5. The number of hydrogen-bond acceptors (Lipinski definition) is 5. The second-order valence-corrected chi connectivity index (χ2v) is 6.28. The van der Waals surface area contributed by atoms with E-state index in [0.29, 0.717) is 11.3 Å². The molecule has 2 heterocycles. The van der Waals surface area contributed by atoms with Gasteiger partial charge in [0.25, 0.3) is 0 Å². The maximum absolute atomic E-state index is 12.6. The lowest BCUT2D eigenvalue weighted by atomic mass is 9.95. The monoisotopic (exact) mass is 355 g/mol. The minimum atomic E-state index is -4.49. The summed E-state index contributed by atoms with van der Waals surface area (Å²) in [6, 6.07) is 2.45. The normalized spacial score (nSPS) is 22.0. The summed E-state index contributed by atoms with van der Waals surface area (Å²) in [6.07, 6.45) is 3.19. The van der Waals surface area contributed by atoms with Gasteiger partial charge in [0.05, 0.1) is 17.5 Å². The lowest BCUT2D eigenvalue weighted by Gasteiger charge is -2.32. The van der Waals surface area contributed by atoms with Crippen molar-refractivity contribution in [2.75, 3.05) is 5.32 Å². The number of aromatic nitrogens is 1. The first-order chi connectivity index (χ1) is 11.8. The molecule has 1 fully saturated rings. The second-order valence-electron chi connectivity index (χ2n) is 6.28. The molecule has 3 rings (SSSR count). The summed E-state index contributed by atoms with van der Waals surface area (Å²) in [7, 11) is 0. The van der Waals surface area contributed by atoms with E-state index in [1.165, 1.54) is 12.5 Å². The van der Waals surface area contributed by atoms with Crippen molar-refractivity contribution in [1.29, 1.82) is 0 Å². The molecule has 1 unspecified atom stereocenters. The van der Waals surface area contributed by atoms with Crippen LogP contribution in [0.25, 0.3) is 0 Å². The van der Waals surface area contributed by atoms with Crippen LogP contribution in [0.3, 0.4) is 0 Å². The van der Waals surface area contributed by atoms with Gasteiger partial charge < -0.3 is 16.1 Å². The van der Waals surface area contributed by atoms with Crippen LogP contribution in [0.4, 0.5) is 18.9 Å². The number of primary amides is 1. The molecule has 1 saturated carbocycles. The van der Waals surface area contributed by atoms with Crippen molar-refractivity contribution in [1.82, 2.24) is 15.4 Å². The van der Waals surface area contributed by atoms with Crippen LogP contribution in [-0.2, 0) is 11.0 Å². The van der Waals surface area contributed by atoms with Gasteiger partial charge in [-0.3, -0.25) is 4.79 Å². The molecule has 1 aromatic heterocycles. The summed E-state index contributed by atoms with van der Waals surface area (Å²) in [6.45, 7) is 0. The minimum absolute atomic E-state index is 0.278. The summed E-state index contributed by atoms with van der Waals surface area (Å²) in [5.74, 6) is -0.580. The fourth-order valence-electron chi connectivity index (χ4n) is 3.18. The highest BCUT2D eigenvalue weighted by Crippen LogP contribution is 2.29. The number of alkyl halides is 3. The third-order valence-electron chi connectivity index (χ3n) is 4.48. The molecule has 0 spiro atoms. The van der Waals surface area contributed by atoms with Crippen molar-refractivity contribution in [3.05, 3.63) is 35.8 Å². The average molecular weight is 355 g/mol. The Kier molecular flexibility index (Phi) is 4.85. The quantitative estimate of drug-likeness (QED) is 0.772. The van der Waals surface area contributed by atoms with Crippen LogP contribution in [0, 0.1) is 0 Å². The average Bonchev–Trinajstić information content (AvgIpc) is 2.99. The van der Waals surface area contributed by atoms with E-state index in [0.717, 1.165) is 37.9 Å². The molecule has 0 aromatic carbocycles. The fraction of sp³-hybridized carbons (Fsp3) is 0.500. The number of hydrogen-bond donors (Lipinski definition) is 3. The number of nitrogens with one attached hydrogen (secondary N) is 2. The van der Waals surface area contributed by atoms with E-state index in [9.17, 15) is 18.0 Å². The topological polar surface area (TPSA) is 83.3 Å². The number of anilines is 1. The molecule has 136 valence electrons. The van der Waals surface area contributed by atoms with Gasteiger partial charge >= 0.3 is 6.18 Å². The second kappa shape index (κ2) is 6.91. The number of pyridine rings is 1. The van der Waals surface area contributed by atoms with Crippen LogP contribution < -0.4 is 16.5 Å². The van der Waals surface area contributed by atoms with Crippen molar-refractivity contribution in [3.8, 4) is 0 Å². The molecule has 6 nitrogen and oxygen atoms in total. The predicted molar refractivity (Wildman–Crippen MR) is 85.8 cm³/mol. The Bertz CT molecular complexity index is 653. The van der Waals surface area contributed by atoms with E-state index in [4.69, 9.17) is 5.73 Å². The van der Waals surface area contributed by atoms with Crippen molar-refractivity contribution in [3.63, 3.8) is 0 Å². The summed E-state index contributed by atoms with van der Waals surface area (Å²) < 4.78 is 37.7. The summed E-state index contributed by atoms with van der Waals surface area (Å²) >= 11 is 0. The molecule has 25 heavy (non-hydrogen) atoms. The summed E-state index contributed by atoms with van der Waals surface area (Å²) in [5.41, 5.74) is 8.34. The summed E-state index contributed by atoms with van der Waals surface area (Å²) in [5, 5.41) is 4.85. The van der Waals surface area contributed by atoms with Crippen LogP contribution in [0.5, 0.6) is 0 Å². The number of carbonyl (C=O) groups is 1. The highest BCUT2D eigenvalue weighted by molar-refractivity contribution is 5.94. The Labute approximate surface area is 143 Å². The van der Waals surface area contributed by atoms with Gasteiger partial charge in [0.1, 0.15) is 11.9 Å². The van der Waals surface area contributed by atoms with Crippen molar-refractivity contribution in [2.24, 2.45) is 5.73 Å². The van der Waals surface area contributed by atoms with Gasteiger partial charge in [-0.05, 0) is 25.0 Å². The van der Waals surface area contributed by atoms with Gasteiger partial charge in [-0.25, -0.2) is 10.4 Å². The van der Waals surface area contributed by atoms with E-state index in [-0.39, 0.29) is 6.04 Å². The number of nitrogens with two attached hydrogens (primary N) is 1. The van der Waals surface area contributed by atoms with Crippen LogP contribution in [0.1, 0.15) is 37.8 Å². The molecule has 0 radical (unpaired) electrons. The molecule has 0 saturated heterocycles. The Morgan fingerprint density at radius 3 is 2.56 bits per heavy atom. The standard InChI is InChI=1S/C16H20F3N5O/c17-16(18,19)13-7-6-10(8-21-13)22-15-12(14(20)25)9-24(23-15)11-4-2-1-3-5-11/h6-9,11,15,22-23H,1-5H2,(H2,20,25). The van der Waals surface area contributed by atoms with Gasteiger partial charge in [-0.2, -0.15) is 13.2 Å². The van der Waals surface area contributed by atoms with Gasteiger partial charge in [0.15, 0.2) is 0 Å². The zero-order chi connectivity index (χ0) is 18.0. The molecule has 4 N–H and O–H groups in total. The molecule has 1 amide bonds. The van der Waals surface area contributed by atoms with Crippen LogP contribution in [0.2, 0.25) is 0 Å². The van der Waals surface area contributed by atoms with Crippen molar-refractivity contribution < 1.29 is 18.0 Å². The number of amides is 1. The highest BCUT2D eigenvalue weighted by atomic mass is 19.4. The van der Waals surface area contributed by atoms with E-state index in [1.807, 2.05) is 5.01 Å². The third-order valence-corrected chi connectivity index (χ3v) is 4.48. The first kappa shape index (κ1) is 17.5. The molecule has 9 heteroatoms. The van der Waals surface area contributed by atoms with Crippen LogP contribution >= 0.6 is 0 Å². The maximum Gasteiger partial charge on any atom is 0.433 e. The number of hydrazine groups is 1. The van der Waals surface area contributed by atoms with Crippen LogP contribution in [-0.4, -0.2) is 28.1 Å². The molecule has 2 aliphatic rings. The highest BCUT2D eigenvalue weighted by Gasteiger charge is 2.33. The van der Waals surface area contributed by atoms with Gasteiger partial charge in [-0.1, -0.05) is 19.3 Å². The number of rotatable bonds is 4. The Morgan fingerprint density at radius 2 is 2.00 bits per heavy atom.